The molecule has 2 bridgehead atoms. The lowest BCUT2D eigenvalue weighted by Gasteiger charge is -2.50. The molecule has 1 spiro atoms. The summed E-state index contributed by atoms with van der Waals surface area (Å²) in [4.78, 5) is 26.2. The van der Waals surface area contributed by atoms with E-state index in [0.29, 0.717) is 44.1 Å². The molecule has 5 rings (SSSR count). The van der Waals surface area contributed by atoms with E-state index in [4.69, 9.17) is 23.4 Å². The zero-order valence-corrected chi connectivity index (χ0v) is 31.0. The highest BCUT2D eigenvalue weighted by Gasteiger charge is 2.61. The molecule has 4 aliphatic heterocycles. The second kappa shape index (κ2) is 13.8. The smallest absolute Gasteiger partial charge is 0.316 e. The van der Waals surface area contributed by atoms with Crippen LogP contribution < -0.4 is 0 Å². The monoisotopic (exact) mass is 670 g/mol. The first kappa shape index (κ1) is 36.4. The fraction of sp³-hybridized carbons (Fsp3) is 0.737. The molecule has 10 atom stereocenters. The molecule has 3 fully saturated rings. The molecule has 47 heavy (non-hydrogen) atoms. The van der Waals surface area contributed by atoms with Crippen molar-refractivity contribution in [3.05, 3.63) is 47.1 Å². The summed E-state index contributed by atoms with van der Waals surface area (Å²) in [5.41, 5.74) is 1.16. The number of allylic oxidation sites excluding steroid dienone is 4. The minimum absolute atomic E-state index is 0.0475. The van der Waals surface area contributed by atoms with Crippen molar-refractivity contribution in [2.24, 2.45) is 17.8 Å². The average molecular weight is 671 g/mol. The van der Waals surface area contributed by atoms with Crippen LogP contribution in [-0.4, -0.2) is 74.2 Å². The number of carbonyl (C=O) groups excluding carboxylic acids is 2. The van der Waals surface area contributed by atoms with Gasteiger partial charge in [0.05, 0.1) is 24.9 Å². The Hall–Kier alpha value is -1.88. The first-order chi connectivity index (χ1) is 22.0. The van der Waals surface area contributed by atoms with Crippen molar-refractivity contribution >= 4 is 20.6 Å². The van der Waals surface area contributed by atoms with E-state index >= 15 is 0 Å². The van der Waals surface area contributed by atoms with Crippen molar-refractivity contribution in [3.63, 3.8) is 0 Å². The van der Waals surface area contributed by atoms with Crippen LogP contribution in [0.4, 0.5) is 0 Å². The molecule has 0 unspecified atom stereocenters. The van der Waals surface area contributed by atoms with Gasteiger partial charge in [-0.05, 0) is 74.7 Å². The van der Waals surface area contributed by atoms with E-state index in [1.807, 2.05) is 32.1 Å². The highest BCUT2D eigenvalue weighted by Crippen LogP contribution is 2.49. The lowest BCUT2D eigenvalue weighted by Crippen LogP contribution is -2.60. The Kier molecular flexibility index (Phi) is 10.7. The molecule has 0 amide bonds. The van der Waals surface area contributed by atoms with Gasteiger partial charge < -0.3 is 33.3 Å². The fourth-order valence-electron chi connectivity index (χ4n) is 7.82. The maximum absolute atomic E-state index is 14.4. The molecule has 262 valence electrons. The maximum Gasteiger partial charge on any atom is 0.316 e. The van der Waals surface area contributed by atoms with Crippen LogP contribution in [-0.2, 0) is 33.0 Å². The Bertz CT molecular complexity index is 1310. The van der Waals surface area contributed by atoms with Gasteiger partial charge in [-0.2, -0.15) is 0 Å². The second-order valence-corrected chi connectivity index (χ2v) is 21.1. The van der Waals surface area contributed by atoms with Gasteiger partial charge in [0, 0.05) is 25.2 Å². The number of ether oxygens (including phenoxy) is 4. The predicted molar refractivity (Wildman–Crippen MR) is 184 cm³/mol. The van der Waals surface area contributed by atoms with Gasteiger partial charge >= 0.3 is 5.97 Å². The number of fused-ring (bicyclic) bond motifs is 2. The summed E-state index contributed by atoms with van der Waals surface area (Å²) in [6.07, 6.45) is 13.4. The third-order valence-corrected chi connectivity index (χ3v) is 16.0. The van der Waals surface area contributed by atoms with Gasteiger partial charge in [0.15, 0.2) is 14.1 Å². The summed E-state index contributed by atoms with van der Waals surface area (Å²) in [7, 11) is -2.27. The van der Waals surface area contributed by atoms with E-state index < -0.39 is 49.9 Å². The number of aliphatic hydroxyl groups is 1. The summed E-state index contributed by atoms with van der Waals surface area (Å²) < 4.78 is 33.0. The summed E-state index contributed by atoms with van der Waals surface area (Å²) in [6, 6.07) is 0. The number of hydrogen-bond donors (Lipinski definition) is 1. The fourth-order valence-corrected chi connectivity index (χ4v) is 9.12. The molecule has 0 aromatic heterocycles. The molecule has 4 heterocycles. The summed E-state index contributed by atoms with van der Waals surface area (Å²) in [5.74, 6) is -2.28. The Morgan fingerprint density at radius 3 is 2.60 bits per heavy atom. The van der Waals surface area contributed by atoms with Crippen LogP contribution in [0.5, 0.6) is 0 Å². The Morgan fingerprint density at radius 2 is 1.91 bits per heavy atom. The molecule has 0 saturated carbocycles. The molecule has 3 saturated heterocycles. The van der Waals surface area contributed by atoms with E-state index in [0.717, 1.165) is 18.3 Å². The summed E-state index contributed by atoms with van der Waals surface area (Å²) in [6.45, 7) is 19.5. The third kappa shape index (κ3) is 7.36. The number of hydrogen-bond acceptors (Lipinski definition) is 8. The molecule has 1 aliphatic carbocycles. The van der Waals surface area contributed by atoms with Gasteiger partial charge in [0.25, 0.3) is 0 Å². The lowest BCUT2D eigenvalue weighted by molar-refractivity contribution is -0.333. The van der Waals surface area contributed by atoms with E-state index in [2.05, 4.69) is 59.9 Å². The topological polar surface area (TPSA) is 101 Å². The molecule has 0 aromatic carbocycles. The highest BCUT2D eigenvalue weighted by molar-refractivity contribution is 6.74. The van der Waals surface area contributed by atoms with Gasteiger partial charge in [-0.25, -0.2) is 0 Å². The molecule has 9 heteroatoms. The lowest BCUT2D eigenvalue weighted by atomic mass is 9.71. The number of aldehydes is 1. The largest absolute Gasteiger partial charge is 0.462 e. The van der Waals surface area contributed by atoms with Crippen molar-refractivity contribution in [1.29, 1.82) is 0 Å². The van der Waals surface area contributed by atoms with Crippen LogP contribution >= 0.6 is 0 Å². The van der Waals surface area contributed by atoms with Crippen molar-refractivity contribution in [1.82, 2.24) is 0 Å². The van der Waals surface area contributed by atoms with Crippen LogP contribution in [0.1, 0.15) is 93.4 Å². The van der Waals surface area contributed by atoms with Crippen molar-refractivity contribution < 1.29 is 38.1 Å². The quantitative estimate of drug-likeness (QED) is 0.146. The number of esters is 1. The van der Waals surface area contributed by atoms with Gasteiger partial charge in [0.1, 0.15) is 30.0 Å². The Labute approximate surface area is 283 Å². The molecule has 0 radical (unpaired) electrons. The van der Waals surface area contributed by atoms with Gasteiger partial charge in [-0.15, -0.1) is 0 Å². The van der Waals surface area contributed by atoms with E-state index in [9.17, 15) is 14.7 Å². The van der Waals surface area contributed by atoms with Crippen molar-refractivity contribution in [2.45, 2.75) is 153 Å². The van der Waals surface area contributed by atoms with Crippen LogP contribution in [0.15, 0.2) is 47.1 Å². The van der Waals surface area contributed by atoms with Crippen LogP contribution in [0.2, 0.25) is 18.1 Å². The zero-order chi connectivity index (χ0) is 34.4. The van der Waals surface area contributed by atoms with Crippen LogP contribution in [0.25, 0.3) is 0 Å². The molecule has 0 aromatic rings. The normalized spacial score (nSPS) is 43.1. The minimum Gasteiger partial charge on any atom is -0.462 e. The molecule has 5 aliphatic rings. The standard InChI is InChI=1S/C38H58O8Si/c1-10-32-27(22-39)16-17-37(45-32)21-30-20-29(44-37)15-14-25(3)18-24(2)12-11-13-28-23-42-34-33(46-47(8,9)36(5,6)7)26(4)19-31(35(40)43-30)38(28,34)41/h11-14,19,22,24,27,29-34,41H,10,15-18,20-21,23H2,1-9H3/b12-11+,25-14+,28-13+/t24-,27+,29+,30-,31-,32+,33+,34+,37+,38+/m0/s1. The molecule has 8 nitrogen and oxygen atoms in total. The maximum atomic E-state index is 14.4. The van der Waals surface area contributed by atoms with Gasteiger partial charge in [0.2, 0.25) is 0 Å². The Morgan fingerprint density at radius 1 is 1.17 bits per heavy atom. The van der Waals surface area contributed by atoms with Crippen molar-refractivity contribution in [2.75, 3.05) is 6.61 Å². The van der Waals surface area contributed by atoms with Crippen LogP contribution in [0.3, 0.4) is 0 Å². The summed E-state index contributed by atoms with van der Waals surface area (Å²) >= 11 is 0. The zero-order valence-electron chi connectivity index (χ0n) is 30.0. The van der Waals surface area contributed by atoms with Gasteiger partial charge in [-0.3, -0.25) is 4.79 Å². The predicted octanol–water partition coefficient (Wildman–Crippen LogP) is 7.13. The third-order valence-electron chi connectivity index (χ3n) is 11.6. The summed E-state index contributed by atoms with van der Waals surface area (Å²) in [5, 5.41) is 12.7. The van der Waals surface area contributed by atoms with Crippen LogP contribution in [0, 0.1) is 17.8 Å². The average Bonchev–Trinajstić information content (AvgIpc) is 3.32. The number of rotatable bonds is 4. The molecular formula is C38H58O8Si. The SMILES string of the molecule is CC[C@H]1O[C@]2(CC[C@@H]1C=O)C[C@@H]1C[C@@H](C/C=C(\C)C[C@@H](C)/C=C/C=C3\CO[C@@H]4[C@H](O[Si](C)(C)C(C)(C)C)C(C)=C[C@@H](C(=O)O1)[C@]34O)O2. The van der Waals surface area contributed by atoms with E-state index in [1.54, 1.807) is 0 Å². The molecule has 1 N–H and O–H groups in total. The van der Waals surface area contributed by atoms with E-state index in [1.165, 1.54) is 5.57 Å². The highest BCUT2D eigenvalue weighted by atomic mass is 28.4. The van der Waals surface area contributed by atoms with E-state index in [-0.39, 0.29) is 35.7 Å². The molecular weight excluding hydrogens is 612 g/mol. The first-order valence-corrected chi connectivity index (χ1v) is 20.7. The number of carbonyl (C=O) groups is 2. The first-order valence-electron chi connectivity index (χ1n) is 17.8. The van der Waals surface area contributed by atoms with Gasteiger partial charge in [-0.1, -0.05) is 70.6 Å². The second-order valence-electron chi connectivity index (χ2n) is 16.3. The Balaban J connectivity index is 1.53. The van der Waals surface area contributed by atoms with Crippen molar-refractivity contribution in [3.8, 4) is 0 Å². The minimum atomic E-state index is -2.27.